The number of fused-ring (bicyclic) bond motifs is 1. The van der Waals surface area contributed by atoms with Gasteiger partial charge in [0.25, 0.3) is 5.91 Å². The summed E-state index contributed by atoms with van der Waals surface area (Å²) in [6.45, 7) is 0. The zero-order valence-electron chi connectivity index (χ0n) is 12.0. The molecule has 4 nitrogen and oxygen atoms in total. The van der Waals surface area contributed by atoms with E-state index in [1.165, 1.54) is 0 Å². The number of nitrogens with one attached hydrogen (secondary N) is 2. The van der Waals surface area contributed by atoms with Gasteiger partial charge in [-0.1, -0.05) is 48.5 Å². The van der Waals surface area contributed by atoms with Crippen LogP contribution in [0.2, 0.25) is 0 Å². The molecule has 3 aromatic carbocycles. The minimum absolute atomic E-state index is 0.439. The lowest BCUT2D eigenvalue weighted by Crippen LogP contribution is -2.34. The van der Waals surface area contributed by atoms with Crippen LogP contribution in [0.25, 0.3) is 10.8 Å². The predicted octanol–water partition coefficient (Wildman–Crippen LogP) is 4.56. The Kier molecular flexibility index (Phi) is 4.39. The summed E-state index contributed by atoms with van der Waals surface area (Å²) < 4.78 is 0.743. The second kappa shape index (κ2) is 6.62. The lowest BCUT2D eigenvalue weighted by atomic mass is 10.0. The Morgan fingerprint density at radius 2 is 1.52 bits per heavy atom. The highest BCUT2D eigenvalue weighted by molar-refractivity contribution is 9.10. The van der Waals surface area contributed by atoms with Crippen molar-refractivity contribution in [1.29, 1.82) is 0 Å². The van der Waals surface area contributed by atoms with Crippen molar-refractivity contribution in [2.24, 2.45) is 0 Å². The van der Waals surface area contributed by atoms with Crippen molar-refractivity contribution < 1.29 is 9.59 Å². The normalized spacial score (nSPS) is 10.3. The summed E-state index contributed by atoms with van der Waals surface area (Å²) in [6.07, 6.45) is 0. The zero-order valence-corrected chi connectivity index (χ0v) is 13.6. The lowest BCUT2D eigenvalue weighted by molar-refractivity contribution is 0.0969. The number of halogens is 1. The number of para-hydroxylation sites is 1. The number of imide groups is 1. The molecule has 23 heavy (non-hydrogen) atoms. The highest BCUT2D eigenvalue weighted by Crippen LogP contribution is 2.21. The molecule has 3 rings (SSSR count). The van der Waals surface area contributed by atoms with E-state index in [0.29, 0.717) is 11.3 Å². The van der Waals surface area contributed by atoms with Crippen LogP contribution in [0, 0.1) is 0 Å². The smallest absolute Gasteiger partial charge is 0.307 e. The van der Waals surface area contributed by atoms with Crippen LogP contribution in [-0.2, 0) is 0 Å². The van der Waals surface area contributed by atoms with E-state index in [4.69, 9.17) is 0 Å². The summed E-state index contributed by atoms with van der Waals surface area (Å²) in [6, 6.07) is 19.6. The summed E-state index contributed by atoms with van der Waals surface area (Å²) >= 11 is 3.34. The van der Waals surface area contributed by atoms with Crippen molar-refractivity contribution >= 4 is 44.3 Å². The van der Waals surface area contributed by atoms with E-state index in [-0.39, 0.29) is 0 Å². The van der Waals surface area contributed by atoms with Crippen LogP contribution >= 0.6 is 15.9 Å². The van der Waals surface area contributed by atoms with Gasteiger partial charge in [-0.3, -0.25) is 10.1 Å². The maximum absolute atomic E-state index is 12.4. The van der Waals surface area contributed by atoms with Crippen LogP contribution in [0.3, 0.4) is 0 Å². The molecule has 0 aliphatic carbocycles. The summed E-state index contributed by atoms with van der Waals surface area (Å²) in [7, 11) is 0. The minimum Gasteiger partial charge on any atom is -0.307 e. The monoisotopic (exact) mass is 368 g/mol. The maximum atomic E-state index is 12.4. The molecule has 3 aromatic rings. The van der Waals surface area contributed by atoms with Gasteiger partial charge in [-0.05, 0) is 44.9 Å². The van der Waals surface area contributed by atoms with E-state index >= 15 is 0 Å². The van der Waals surface area contributed by atoms with Crippen LogP contribution in [0.1, 0.15) is 10.4 Å². The molecule has 2 N–H and O–H groups in total. The second-order valence-electron chi connectivity index (χ2n) is 4.91. The number of carbonyl (C=O) groups excluding carboxylic acids is 2. The number of amides is 3. The van der Waals surface area contributed by atoms with E-state index in [1.807, 2.05) is 42.5 Å². The highest BCUT2D eigenvalue weighted by Gasteiger charge is 2.13. The molecule has 0 saturated carbocycles. The van der Waals surface area contributed by atoms with Gasteiger partial charge < -0.3 is 5.32 Å². The van der Waals surface area contributed by atoms with Crippen molar-refractivity contribution in [3.63, 3.8) is 0 Å². The van der Waals surface area contributed by atoms with Gasteiger partial charge in [-0.2, -0.15) is 0 Å². The Morgan fingerprint density at radius 3 is 2.35 bits per heavy atom. The maximum Gasteiger partial charge on any atom is 0.326 e. The van der Waals surface area contributed by atoms with Gasteiger partial charge in [-0.15, -0.1) is 0 Å². The molecule has 3 amide bonds. The minimum atomic E-state index is -0.574. The second-order valence-corrected chi connectivity index (χ2v) is 5.77. The molecule has 5 heteroatoms. The molecule has 0 bridgehead atoms. The third-order valence-corrected chi connectivity index (χ3v) is 4.07. The van der Waals surface area contributed by atoms with Gasteiger partial charge >= 0.3 is 6.03 Å². The van der Waals surface area contributed by atoms with E-state index in [0.717, 1.165) is 15.2 Å². The fourth-order valence-corrected chi connectivity index (χ4v) is 2.69. The van der Waals surface area contributed by atoms with Crippen molar-refractivity contribution in [3.8, 4) is 0 Å². The summed E-state index contributed by atoms with van der Waals surface area (Å²) in [5.41, 5.74) is 1.06. The first-order chi connectivity index (χ1) is 11.1. The Balaban J connectivity index is 1.78. The molecule has 0 aromatic heterocycles. The van der Waals surface area contributed by atoms with Crippen LogP contribution in [0.5, 0.6) is 0 Å². The summed E-state index contributed by atoms with van der Waals surface area (Å²) in [4.78, 5) is 24.4. The lowest BCUT2D eigenvalue weighted by Gasteiger charge is -2.09. The van der Waals surface area contributed by atoms with Crippen molar-refractivity contribution in [3.05, 3.63) is 76.8 Å². The zero-order chi connectivity index (χ0) is 16.2. The number of hydrogen-bond acceptors (Lipinski definition) is 2. The van der Waals surface area contributed by atoms with Gasteiger partial charge in [0.1, 0.15) is 0 Å². The van der Waals surface area contributed by atoms with Gasteiger partial charge in [0.05, 0.1) is 5.69 Å². The molecule has 0 saturated heterocycles. The topological polar surface area (TPSA) is 58.2 Å². The van der Waals surface area contributed by atoms with Crippen LogP contribution in [0.15, 0.2) is 71.2 Å². The largest absolute Gasteiger partial charge is 0.326 e. The van der Waals surface area contributed by atoms with Crippen molar-refractivity contribution in [2.45, 2.75) is 0 Å². The molecule has 0 aliphatic heterocycles. The third kappa shape index (κ3) is 3.40. The van der Waals surface area contributed by atoms with Crippen molar-refractivity contribution in [2.75, 3.05) is 5.32 Å². The molecular formula is C18H13BrN2O2. The number of anilines is 1. The predicted molar refractivity (Wildman–Crippen MR) is 94.6 cm³/mol. The SMILES string of the molecule is O=C(NC(=O)c1cccc2ccccc12)Nc1ccccc1Br. The summed E-state index contributed by atoms with van der Waals surface area (Å²) in [5, 5.41) is 6.75. The average molecular weight is 369 g/mol. The van der Waals surface area contributed by atoms with Crippen LogP contribution in [-0.4, -0.2) is 11.9 Å². The Bertz CT molecular complexity index is 888. The standard InChI is InChI=1S/C18H13BrN2O2/c19-15-10-3-4-11-16(15)20-18(23)21-17(22)14-9-5-7-12-6-1-2-8-13(12)14/h1-11H,(H2,20,21,22,23). The molecule has 0 radical (unpaired) electrons. The van der Waals surface area contributed by atoms with Gasteiger partial charge in [0.2, 0.25) is 0 Å². The van der Waals surface area contributed by atoms with E-state index in [1.54, 1.807) is 24.3 Å². The Morgan fingerprint density at radius 1 is 0.826 bits per heavy atom. The first-order valence-corrected chi connectivity index (χ1v) is 7.79. The van der Waals surface area contributed by atoms with Gasteiger partial charge in [0.15, 0.2) is 0 Å². The molecule has 0 fully saturated rings. The van der Waals surface area contributed by atoms with E-state index in [2.05, 4.69) is 26.6 Å². The van der Waals surface area contributed by atoms with Crippen molar-refractivity contribution in [1.82, 2.24) is 5.32 Å². The van der Waals surface area contributed by atoms with Crippen LogP contribution in [0.4, 0.5) is 10.5 Å². The molecule has 0 unspecified atom stereocenters. The number of benzene rings is 3. The Hall–Kier alpha value is -2.66. The molecule has 0 atom stereocenters. The number of rotatable bonds is 2. The molecule has 114 valence electrons. The fourth-order valence-electron chi connectivity index (χ4n) is 2.31. The van der Waals surface area contributed by atoms with E-state index in [9.17, 15) is 9.59 Å². The molecular weight excluding hydrogens is 356 g/mol. The quantitative estimate of drug-likeness (QED) is 0.696. The number of urea groups is 1. The third-order valence-electron chi connectivity index (χ3n) is 3.38. The van der Waals surface area contributed by atoms with Gasteiger partial charge in [-0.25, -0.2) is 4.79 Å². The molecule has 0 heterocycles. The number of carbonyl (C=O) groups is 2. The van der Waals surface area contributed by atoms with E-state index < -0.39 is 11.9 Å². The average Bonchev–Trinajstić information content (AvgIpc) is 2.56. The fraction of sp³-hybridized carbons (Fsp3) is 0. The van der Waals surface area contributed by atoms with Gasteiger partial charge in [0, 0.05) is 10.0 Å². The highest BCUT2D eigenvalue weighted by atomic mass is 79.9. The number of hydrogen-bond donors (Lipinski definition) is 2. The Labute approximate surface area is 141 Å². The van der Waals surface area contributed by atoms with Crippen LogP contribution < -0.4 is 10.6 Å². The summed E-state index contributed by atoms with van der Waals surface area (Å²) in [5.74, 6) is -0.439. The first-order valence-electron chi connectivity index (χ1n) is 7.00. The molecule has 0 aliphatic rings. The first kappa shape index (κ1) is 15.2. The molecule has 0 spiro atoms.